The second-order valence-corrected chi connectivity index (χ2v) is 5.47. The monoisotopic (exact) mass is 221 g/mol. The van der Waals surface area contributed by atoms with Gasteiger partial charge in [0.15, 0.2) is 0 Å². The zero-order valence-electron chi connectivity index (χ0n) is 10.8. The third kappa shape index (κ3) is 3.60. The normalized spacial score (nSPS) is 12.4. The van der Waals surface area contributed by atoms with Crippen LogP contribution in [-0.2, 0) is 5.60 Å². The minimum atomic E-state index is -0.726. The molecular formula is C14H23NO. The van der Waals surface area contributed by atoms with E-state index < -0.39 is 5.60 Å². The third-order valence-corrected chi connectivity index (χ3v) is 2.69. The number of rotatable bonds is 5. The molecule has 0 fully saturated rings. The molecule has 0 saturated carbocycles. The molecule has 0 radical (unpaired) electrons. The molecule has 0 atom stereocenters. The van der Waals surface area contributed by atoms with E-state index in [4.69, 9.17) is 0 Å². The molecule has 0 spiro atoms. The van der Waals surface area contributed by atoms with Crippen LogP contribution in [0.1, 0.15) is 46.1 Å². The fraction of sp³-hybridized carbons (Fsp3) is 0.643. The molecule has 0 aliphatic rings. The predicted octanol–water partition coefficient (Wildman–Crippen LogP) is 3.36. The zero-order chi connectivity index (χ0) is 12.2. The molecule has 0 bridgehead atoms. The van der Waals surface area contributed by atoms with Crippen molar-refractivity contribution in [1.82, 2.24) is 4.98 Å². The van der Waals surface area contributed by atoms with Crippen molar-refractivity contribution in [3.8, 4) is 0 Å². The molecule has 2 heteroatoms. The summed E-state index contributed by atoms with van der Waals surface area (Å²) in [7, 11) is 0. The van der Waals surface area contributed by atoms with Gasteiger partial charge < -0.3 is 5.11 Å². The van der Waals surface area contributed by atoms with E-state index in [0.717, 1.165) is 18.4 Å². The maximum atomic E-state index is 10.8. The van der Waals surface area contributed by atoms with Gasteiger partial charge in [-0.2, -0.15) is 0 Å². The molecule has 1 aromatic rings. The Morgan fingerprint density at radius 1 is 1.19 bits per heavy atom. The Kier molecular flexibility index (Phi) is 4.48. The zero-order valence-corrected chi connectivity index (χ0v) is 10.8. The highest BCUT2D eigenvalue weighted by atomic mass is 16.3. The van der Waals surface area contributed by atoms with E-state index in [2.05, 4.69) is 32.7 Å². The summed E-state index contributed by atoms with van der Waals surface area (Å²) in [5.41, 5.74) is 0.216. The molecule has 1 heterocycles. The second-order valence-electron chi connectivity index (χ2n) is 5.47. The van der Waals surface area contributed by atoms with Crippen molar-refractivity contribution in [2.75, 3.05) is 0 Å². The fourth-order valence-corrected chi connectivity index (χ4v) is 2.31. The smallest absolute Gasteiger partial charge is 0.0916 e. The van der Waals surface area contributed by atoms with Crippen molar-refractivity contribution in [2.45, 2.75) is 46.1 Å². The van der Waals surface area contributed by atoms with E-state index in [9.17, 15) is 5.11 Å². The lowest BCUT2D eigenvalue weighted by Crippen LogP contribution is -2.29. The largest absolute Gasteiger partial charge is 0.385 e. The van der Waals surface area contributed by atoms with Crippen molar-refractivity contribution in [3.63, 3.8) is 0 Å². The molecule has 2 nitrogen and oxygen atoms in total. The summed E-state index contributed by atoms with van der Waals surface area (Å²) in [6.45, 7) is 8.56. The van der Waals surface area contributed by atoms with E-state index in [1.807, 2.05) is 12.1 Å². The quantitative estimate of drug-likeness (QED) is 0.827. The summed E-state index contributed by atoms with van der Waals surface area (Å²) in [6, 6.07) is 3.86. The number of hydrogen-bond acceptors (Lipinski definition) is 2. The Balaban J connectivity index is 2.95. The van der Waals surface area contributed by atoms with Crippen molar-refractivity contribution >= 4 is 0 Å². The van der Waals surface area contributed by atoms with Crippen LogP contribution >= 0.6 is 0 Å². The number of hydrogen-bond donors (Lipinski definition) is 1. The number of pyridine rings is 1. The van der Waals surface area contributed by atoms with E-state index in [-0.39, 0.29) is 0 Å². The first kappa shape index (κ1) is 13.2. The molecule has 1 aromatic heterocycles. The van der Waals surface area contributed by atoms with E-state index in [0.29, 0.717) is 11.8 Å². The lowest BCUT2D eigenvalue weighted by Gasteiger charge is -2.31. The predicted molar refractivity (Wildman–Crippen MR) is 67.0 cm³/mol. The van der Waals surface area contributed by atoms with Gasteiger partial charge in [-0.3, -0.25) is 4.98 Å². The third-order valence-electron chi connectivity index (χ3n) is 2.69. The SMILES string of the molecule is CC(C)CC(O)(CC(C)C)c1cccnc1. The van der Waals surface area contributed by atoms with Gasteiger partial charge in [-0.25, -0.2) is 0 Å². The summed E-state index contributed by atoms with van der Waals surface area (Å²) in [6.07, 6.45) is 5.10. The van der Waals surface area contributed by atoms with Crippen molar-refractivity contribution in [1.29, 1.82) is 0 Å². The first-order chi connectivity index (χ1) is 7.44. The van der Waals surface area contributed by atoms with E-state index in [1.54, 1.807) is 12.4 Å². The van der Waals surface area contributed by atoms with Crippen LogP contribution in [0, 0.1) is 11.8 Å². The summed E-state index contributed by atoms with van der Waals surface area (Å²) in [5.74, 6) is 0.952. The topological polar surface area (TPSA) is 33.1 Å². The van der Waals surface area contributed by atoms with Crippen LogP contribution in [0.25, 0.3) is 0 Å². The second kappa shape index (κ2) is 5.44. The van der Waals surface area contributed by atoms with Gasteiger partial charge in [0, 0.05) is 18.0 Å². The van der Waals surface area contributed by atoms with Gasteiger partial charge >= 0.3 is 0 Å². The Morgan fingerprint density at radius 3 is 2.12 bits per heavy atom. The maximum Gasteiger partial charge on any atom is 0.0916 e. The van der Waals surface area contributed by atoms with Crippen LogP contribution in [0.2, 0.25) is 0 Å². The van der Waals surface area contributed by atoms with Crippen LogP contribution in [0.3, 0.4) is 0 Å². The summed E-state index contributed by atoms with van der Waals surface area (Å²) < 4.78 is 0. The molecule has 0 unspecified atom stereocenters. The highest BCUT2D eigenvalue weighted by molar-refractivity contribution is 5.18. The van der Waals surface area contributed by atoms with Gasteiger partial charge in [-0.15, -0.1) is 0 Å². The first-order valence-corrected chi connectivity index (χ1v) is 6.07. The van der Waals surface area contributed by atoms with Gasteiger partial charge in [-0.1, -0.05) is 33.8 Å². The van der Waals surface area contributed by atoms with Crippen LogP contribution in [-0.4, -0.2) is 10.1 Å². The Labute approximate surface area is 98.7 Å². The lowest BCUT2D eigenvalue weighted by atomic mass is 9.80. The van der Waals surface area contributed by atoms with Gasteiger partial charge in [0.25, 0.3) is 0 Å². The number of aromatic nitrogens is 1. The summed E-state index contributed by atoms with van der Waals surface area (Å²) >= 11 is 0. The molecule has 0 aliphatic carbocycles. The summed E-state index contributed by atoms with van der Waals surface area (Å²) in [4.78, 5) is 4.11. The molecule has 90 valence electrons. The minimum Gasteiger partial charge on any atom is -0.385 e. The molecule has 0 saturated heterocycles. The Hall–Kier alpha value is -0.890. The highest BCUT2D eigenvalue weighted by Gasteiger charge is 2.31. The maximum absolute atomic E-state index is 10.8. The first-order valence-electron chi connectivity index (χ1n) is 6.07. The van der Waals surface area contributed by atoms with Crippen molar-refractivity contribution < 1.29 is 5.11 Å². The van der Waals surface area contributed by atoms with Crippen LogP contribution in [0.15, 0.2) is 24.5 Å². The average Bonchev–Trinajstić information content (AvgIpc) is 2.16. The molecule has 1 N–H and O–H groups in total. The number of nitrogens with zero attached hydrogens (tertiary/aromatic N) is 1. The Bertz CT molecular complexity index is 296. The van der Waals surface area contributed by atoms with Crippen molar-refractivity contribution in [3.05, 3.63) is 30.1 Å². The van der Waals surface area contributed by atoms with Gasteiger partial charge in [0.1, 0.15) is 0 Å². The van der Waals surface area contributed by atoms with Crippen molar-refractivity contribution in [2.24, 2.45) is 11.8 Å². The molecule has 1 rings (SSSR count). The lowest BCUT2D eigenvalue weighted by molar-refractivity contribution is -0.00479. The van der Waals surface area contributed by atoms with Gasteiger partial charge in [0.2, 0.25) is 0 Å². The van der Waals surface area contributed by atoms with Gasteiger partial charge in [0.05, 0.1) is 5.60 Å². The highest BCUT2D eigenvalue weighted by Crippen LogP contribution is 2.34. The molecule has 0 aliphatic heterocycles. The minimum absolute atomic E-state index is 0.476. The Morgan fingerprint density at radius 2 is 1.75 bits per heavy atom. The van der Waals surface area contributed by atoms with E-state index >= 15 is 0 Å². The summed E-state index contributed by atoms with van der Waals surface area (Å²) in [5, 5.41) is 10.8. The van der Waals surface area contributed by atoms with Crippen LogP contribution in [0.5, 0.6) is 0 Å². The fourth-order valence-electron chi connectivity index (χ4n) is 2.31. The van der Waals surface area contributed by atoms with Gasteiger partial charge in [-0.05, 0) is 30.7 Å². The molecular weight excluding hydrogens is 198 g/mol. The van der Waals surface area contributed by atoms with Crippen LogP contribution in [0.4, 0.5) is 0 Å². The standard InChI is InChI=1S/C14H23NO/c1-11(2)8-14(16,9-12(3)4)13-6-5-7-15-10-13/h5-7,10-12,16H,8-9H2,1-4H3. The number of aliphatic hydroxyl groups is 1. The molecule has 16 heavy (non-hydrogen) atoms. The average molecular weight is 221 g/mol. The molecule has 0 amide bonds. The van der Waals surface area contributed by atoms with Crippen LogP contribution < -0.4 is 0 Å². The van der Waals surface area contributed by atoms with E-state index in [1.165, 1.54) is 0 Å². The molecule has 0 aromatic carbocycles.